The molecule has 0 aliphatic heterocycles. The molecule has 0 aliphatic carbocycles. The van der Waals surface area contributed by atoms with Crippen molar-refractivity contribution in [1.82, 2.24) is 0 Å². The zero-order valence-electron chi connectivity index (χ0n) is 7.94. The standard InChI is InChI=1S/C11H10ClNS2/c12-9-3-1-4-10(13)8(9)7-15-11-5-2-6-14-11/h1-6H,7,13H2. The molecule has 1 nitrogen and oxygen atoms in total. The van der Waals surface area contributed by atoms with Crippen LogP contribution >= 0.6 is 34.7 Å². The third-order valence-corrected chi connectivity index (χ3v) is 4.52. The first-order valence-corrected chi connectivity index (χ1v) is 6.71. The molecule has 2 rings (SSSR count). The van der Waals surface area contributed by atoms with Crippen LogP contribution < -0.4 is 5.73 Å². The van der Waals surface area contributed by atoms with Gasteiger partial charge in [-0.2, -0.15) is 0 Å². The van der Waals surface area contributed by atoms with Gasteiger partial charge in [-0.3, -0.25) is 0 Å². The molecule has 0 atom stereocenters. The molecular weight excluding hydrogens is 246 g/mol. The average Bonchev–Trinajstić information content (AvgIpc) is 2.70. The van der Waals surface area contributed by atoms with Gasteiger partial charge in [0.25, 0.3) is 0 Å². The molecule has 78 valence electrons. The van der Waals surface area contributed by atoms with Gasteiger partial charge in [0.1, 0.15) is 0 Å². The predicted octanol–water partition coefficient (Wildman–Crippen LogP) is 4.28. The van der Waals surface area contributed by atoms with E-state index in [1.165, 1.54) is 4.21 Å². The lowest BCUT2D eigenvalue weighted by Crippen LogP contribution is -1.92. The van der Waals surface area contributed by atoms with Gasteiger partial charge in [0.15, 0.2) is 0 Å². The van der Waals surface area contributed by atoms with Crippen molar-refractivity contribution in [2.75, 3.05) is 5.73 Å². The highest BCUT2D eigenvalue weighted by Gasteiger charge is 2.05. The molecule has 0 saturated carbocycles. The highest BCUT2D eigenvalue weighted by atomic mass is 35.5. The molecular formula is C11H10ClNS2. The molecule has 0 fully saturated rings. The molecule has 0 radical (unpaired) electrons. The van der Waals surface area contributed by atoms with Crippen LogP contribution in [0.3, 0.4) is 0 Å². The van der Waals surface area contributed by atoms with E-state index in [1.807, 2.05) is 24.3 Å². The fourth-order valence-electron chi connectivity index (χ4n) is 1.22. The number of thiophene rings is 1. The Labute approximate surface area is 102 Å². The summed E-state index contributed by atoms with van der Waals surface area (Å²) < 4.78 is 1.29. The lowest BCUT2D eigenvalue weighted by Gasteiger charge is -2.06. The first kappa shape index (κ1) is 10.9. The predicted molar refractivity (Wildman–Crippen MR) is 69.7 cm³/mol. The highest BCUT2D eigenvalue weighted by molar-refractivity contribution is 8.00. The van der Waals surface area contributed by atoms with E-state index in [9.17, 15) is 0 Å². The summed E-state index contributed by atoms with van der Waals surface area (Å²) >= 11 is 9.58. The number of nitrogens with two attached hydrogens (primary N) is 1. The van der Waals surface area contributed by atoms with Gasteiger partial charge >= 0.3 is 0 Å². The quantitative estimate of drug-likeness (QED) is 0.655. The number of rotatable bonds is 3. The molecule has 15 heavy (non-hydrogen) atoms. The topological polar surface area (TPSA) is 26.0 Å². The van der Waals surface area contributed by atoms with Gasteiger partial charge in [-0.15, -0.1) is 23.1 Å². The lowest BCUT2D eigenvalue weighted by molar-refractivity contribution is 1.41. The van der Waals surface area contributed by atoms with Crippen LogP contribution in [0.2, 0.25) is 5.02 Å². The van der Waals surface area contributed by atoms with Crippen LogP contribution in [0, 0.1) is 0 Å². The first-order chi connectivity index (χ1) is 7.27. The number of anilines is 1. The van der Waals surface area contributed by atoms with Crippen molar-refractivity contribution < 1.29 is 0 Å². The third-order valence-electron chi connectivity index (χ3n) is 2.01. The largest absolute Gasteiger partial charge is 0.398 e. The van der Waals surface area contributed by atoms with E-state index in [0.29, 0.717) is 0 Å². The SMILES string of the molecule is Nc1cccc(Cl)c1CSc1cccs1. The van der Waals surface area contributed by atoms with Gasteiger partial charge < -0.3 is 5.73 Å². The van der Waals surface area contributed by atoms with E-state index < -0.39 is 0 Å². The Morgan fingerprint density at radius 3 is 2.80 bits per heavy atom. The summed E-state index contributed by atoms with van der Waals surface area (Å²) in [5.74, 6) is 0.825. The summed E-state index contributed by atoms with van der Waals surface area (Å²) in [6.45, 7) is 0. The van der Waals surface area contributed by atoms with Gasteiger partial charge in [0.2, 0.25) is 0 Å². The summed E-state index contributed by atoms with van der Waals surface area (Å²) in [6, 6.07) is 9.78. The molecule has 0 amide bonds. The smallest absolute Gasteiger partial charge is 0.0601 e. The van der Waals surface area contributed by atoms with Crippen molar-refractivity contribution in [1.29, 1.82) is 0 Å². The van der Waals surface area contributed by atoms with Crippen molar-refractivity contribution >= 4 is 40.4 Å². The summed E-state index contributed by atoms with van der Waals surface area (Å²) in [5, 5.41) is 2.82. The Kier molecular flexibility index (Phi) is 3.57. The number of thioether (sulfide) groups is 1. The van der Waals surface area contributed by atoms with Gasteiger partial charge in [-0.1, -0.05) is 23.7 Å². The molecule has 1 heterocycles. The van der Waals surface area contributed by atoms with Crippen molar-refractivity contribution in [2.24, 2.45) is 0 Å². The Morgan fingerprint density at radius 1 is 1.27 bits per heavy atom. The maximum Gasteiger partial charge on any atom is 0.0601 e. The number of nitrogen functional groups attached to an aromatic ring is 1. The summed E-state index contributed by atoms with van der Waals surface area (Å²) in [7, 11) is 0. The van der Waals surface area contributed by atoms with Crippen molar-refractivity contribution in [3.8, 4) is 0 Å². The fourth-order valence-corrected chi connectivity index (χ4v) is 3.39. The lowest BCUT2D eigenvalue weighted by atomic mass is 10.2. The number of benzene rings is 1. The van der Waals surface area contributed by atoms with Crippen LogP contribution in [0.25, 0.3) is 0 Å². The Morgan fingerprint density at radius 2 is 2.13 bits per heavy atom. The van der Waals surface area contributed by atoms with Crippen LogP contribution in [0.4, 0.5) is 5.69 Å². The van der Waals surface area contributed by atoms with E-state index in [2.05, 4.69) is 11.4 Å². The van der Waals surface area contributed by atoms with Crippen LogP contribution in [0.5, 0.6) is 0 Å². The minimum Gasteiger partial charge on any atom is -0.398 e. The van der Waals surface area contributed by atoms with Gasteiger partial charge in [-0.05, 0) is 23.6 Å². The molecule has 2 N–H and O–H groups in total. The highest BCUT2D eigenvalue weighted by Crippen LogP contribution is 2.32. The van der Waals surface area contributed by atoms with Crippen LogP contribution in [-0.4, -0.2) is 0 Å². The minimum atomic E-state index is 0.749. The van der Waals surface area contributed by atoms with Crippen molar-refractivity contribution in [3.05, 3.63) is 46.3 Å². The average molecular weight is 256 g/mol. The zero-order chi connectivity index (χ0) is 10.7. The number of hydrogen-bond donors (Lipinski definition) is 1. The molecule has 1 aromatic carbocycles. The second-order valence-electron chi connectivity index (χ2n) is 3.03. The monoisotopic (exact) mass is 255 g/mol. The Hall–Kier alpha value is -0.640. The van der Waals surface area contributed by atoms with E-state index in [0.717, 1.165) is 22.0 Å². The molecule has 0 bridgehead atoms. The molecule has 1 aromatic heterocycles. The van der Waals surface area contributed by atoms with E-state index in [1.54, 1.807) is 23.1 Å². The van der Waals surface area contributed by atoms with Gasteiger partial charge in [0, 0.05) is 22.0 Å². The maximum atomic E-state index is 6.08. The van der Waals surface area contributed by atoms with Crippen LogP contribution in [0.15, 0.2) is 39.9 Å². The third kappa shape index (κ3) is 2.68. The molecule has 4 heteroatoms. The summed E-state index contributed by atoms with van der Waals surface area (Å²) in [4.78, 5) is 0. The molecule has 0 aliphatic rings. The molecule has 0 unspecified atom stereocenters. The normalized spacial score (nSPS) is 10.5. The Bertz CT molecular complexity index is 420. The van der Waals surface area contributed by atoms with Gasteiger partial charge in [0.05, 0.1) is 4.21 Å². The van der Waals surface area contributed by atoms with Gasteiger partial charge in [-0.25, -0.2) is 0 Å². The van der Waals surface area contributed by atoms with E-state index >= 15 is 0 Å². The summed E-state index contributed by atoms with van der Waals surface area (Å²) in [5.41, 5.74) is 7.66. The van der Waals surface area contributed by atoms with Crippen LogP contribution in [-0.2, 0) is 5.75 Å². The molecule has 2 aromatic rings. The minimum absolute atomic E-state index is 0.749. The zero-order valence-corrected chi connectivity index (χ0v) is 10.3. The molecule has 0 saturated heterocycles. The number of hydrogen-bond acceptors (Lipinski definition) is 3. The van der Waals surface area contributed by atoms with Crippen molar-refractivity contribution in [3.63, 3.8) is 0 Å². The van der Waals surface area contributed by atoms with E-state index in [-0.39, 0.29) is 0 Å². The number of halogens is 1. The molecule has 0 spiro atoms. The fraction of sp³-hybridized carbons (Fsp3) is 0.0909. The second-order valence-corrected chi connectivity index (χ2v) is 5.66. The first-order valence-electron chi connectivity index (χ1n) is 4.46. The second kappa shape index (κ2) is 4.92. The maximum absolute atomic E-state index is 6.08. The Balaban J connectivity index is 2.11. The van der Waals surface area contributed by atoms with Crippen LogP contribution in [0.1, 0.15) is 5.56 Å². The van der Waals surface area contributed by atoms with Crippen molar-refractivity contribution in [2.45, 2.75) is 9.96 Å². The summed E-state index contributed by atoms with van der Waals surface area (Å²) in [6.07, 6.45) is 0. The van der Waals surface area contributed by atoms with E-state index in [4.69, 9.17) is 17.3 Å².